The van der Waals surface area contributed by atoms with Crippen LogP contribution in [0.5, 0.6) is 0 Å². The first-order valence-electron chi connectivity index (χ1n) is 6.90. The van der Waals surface area contributed by atoms with E-state index in [1.165, 1.54) is 25.7 Å². The minimum absolute atomic E-state index is 0.494. The number of halogens is 1. The van der Waals surface area contributed by atoms with Crippen molar-refractivity contribution in [1.82, 2.24) is 5.32 Å². The number of anilines is 1. The zero-order chi connectivity index (χ0) is 13.8. The van der Waals surface area contributed by atoms with Gasteiger partial charge in [0.1, 0.15) is 0 Å². The van der Waals surface area contributed by atoms with Gasteiger partial charge in [-0.15, -0.1) is 0 Å². The normalized spacial score (nSPS) is 22.9. The molecule has 4 heteroatoms. The lowest BCUT2D eigenvalue weighted by molar-refractivity contribution is 0.309. The van der Waals surface area contributed by atoms with Gasteiger partial charge in [-0.1, -0.05) is 37.4 Å². The van der Waals surface area contributed by atoms with E-state index in [-0.39, 0.29) is 0 Å². The first-order chi connectivity index (χ1) is 9.08. The van der Waals surface area contributed by atoms with Crippen LogP contribution in [-0.2, 0) is 0 Å². The minimum atomic E-state index is 0.494. The molecule has 0 bridgehead atoms. The summed E-state index contributed by atoms with van der Waals surface area (Å²) in [6, 6.07) is 6.32. The SMILES string of the molecule is Cc1c(Cl)cccc1NC(=S)N[C@H]1CCCC[C@H]1C. The summed E-state index contributed by atoms with van der Waals surface area (Å²) in [5.41, 5.74) is 2.01. The summed E-state index contributed by atoms with van der Waals surface area (Å²) in [6.45, 7) is 4.29. The van der Waals surface area contributed by atoms with Crippen LogP contribution in [0.25, 0.3) is 0 Å². The van der Waals surface area contributed by atoms with Crippen molar-refractivity contribution in [2.45, 2.75) is 45.6 Å². The maximum absolute atomic E-state index is 6.11. The standard InChI is InChI=1S/C15H21ClN2S/c1-10-6-3-4-8-13(10)17-15(19)18-14-9-5-7-12(16)11(14)2/h5,7,9-10,13H,3-4,6,8H2,1-2H3,(H2,17,18,19)/t10-,13+/m1/s1. The van der Waals surface area contributed by atoms with Crippen molar-refractivity contribution in [2.75, 3.05) is 5.32 Å². The Morgan fingerprint density at radius 1 is 1.32 bits per heavy atom. The number of nitrogens with one attached hydrogen (secondary N) is 2. The zero-order valence-electron chi connectivity index (χ0n) is 11.5. The van der Waals surface area contributed by atoms with Crippen molar-refractivity contribution in [1.29, 1.82) is 0 Å². The van der Waals surface area contributed by atoms with Gasteiger partial charge in [0.25, 0.3) is 0 Å². The second-order valence-electron chi connectivity index (χ2n) is 5.38. The molecule has 2 atom stereocenters. The molecular formula is C15H21ClN2S. The lowest BCUT2D eigenvalue weighted by Gasteiger charge is -2.30. The lowest BCUT2D eigenvalue weighted by atomic mass is 9.86. The van der Waals surface area contributed by atoms with E-state index in [0.29, 0.717) is 17.1 Å². The summed E-state index contributed by atoms with van der Waals surface area (Å²) in [5.74, 6) is 0.689. The van der Waals surface area contributed by atoms with Crippen molar-refractivity contribution in [2.24, 2.45) is 5.92 Å². The van der Waals surface area contributed by atoms with Crippen molar-refractivity contribution in [3.8, 4) is 0 Å². The molecule has 0 saturated heterocycles. The molecule has 1 fully saturated rings. The van der Waals surface area contributed by atoms with Crippen LogP contribution in [0.4, 0.5) is 5.69 Å². The van der Waals surface area contributed by atoms with Crippen LogP contribution in [0, 0.1) is 12.8 Å². The van der Waals surface area contributed by atoms with Crippen LogP contribution in [0.2, 0.25) is 5.02 Å². The van der Waals surface area contributed by atoms with E-state index in [2.05, 4.69) is 17.6 Å². The Hall–Kier alpha value is -0.800. The van der Waals surface area contributed by atoms with E-state index in [1.807, 2.05) is 25.1 Å². The van der Waals surface area contributed by atoms with Crippen LogP contribution < -0.4 is 10.6 Å². The average molecular weight is 297 g/mol. The third kappa shape index (κ3) is 3.83. The Bertz CT molecular complexity index is 461. The van der Waals surface area contributed by atoms with Crippen molar-refractivity contribution in [3.63, 3.8) is 0 Å². The molecule has 0 heterocycles. The molecule has 1 aliphatic carbocycles. The highest BCUT2D eigenvalue weighted by atomic mass is 35.5. The van der Waals surface area contributed by atoms with E-state index < -0.39 is 0 Å². The second kappa shape index (κ2) is 6.58. The van der Waals surface area contributed by atoms with Crippen LogP contribution in [0.15, 0.2) is 18.2 Å². The van der Waals surface area contributed by atoms with Crippen LogP contribution in [0.1, 0.15) is 38.2 Å². The van der Waals surface area contributed by atoms with Crippen molar-refractivity contribution >= 4 is 34.6 Å². The van der Waals surface area contributed by atoms with Gasteiger partial charge in [0.05, 0.1) is 0 Å². The number of rotatable bonds is 2. The number of hydrogen-bond acceptors (Lipinski definition) is 1. The highest BCUT2D eigenvalue weighted by molar-refractivity contribution is 7.80. The molecule has 19 heavy (non-hydrogen) atoms. The van der Waals surface area contributed by atoms with Gasteiger partial charge in [-0.25, -0.2) is 0 Å². The van der Waals surface area contributed by atoms with Gasteiger partial charge in [-0.2, -0.15) is 0 Å². The summed E-state index contributed by atoms with van der Waals surface area (Å²) in [6.07, 6.45) is 5.13. The molecule has 2 N–H and O–H groups in total. The molecule has 1 aliphatic rings. The molecule has 0 aromatic heterocycles. The molecule has 0 radical (unpaired) electrons. The Labute approximate surface area is 125 Å². The van der Waals surface area contributed by atoms with E-state index >= 15 is 0 Å². The number of hydrogen-bond donors (Lipinski definition) is 2. The molecule has 2 nitrogen and oxygen atoms in total. The van der Waals surface area contributed by atoms with Gasteiger partial charge in [0.15, 0.2) is 5.11 Å². The molecule has 0 aliphatic heterocycles. The fraction of sp³-hybridized carbons (Fsp3) is 0.533. The molecular weight excluding hydrogens is 276 g/mol. The topological polar surface area (TPSA) is 24.1 Å². The molecule has 0 amide bonds. The Morgan fingerprint density at radius 2 is 2.05 bits per heavy atom. The first kappa shape index (κ1) is 14.6. The van der Waals surface area contributed by atoms with Gasteiger partial charge in [0, 0.05) is 16.8 Å². The summed E-state index contributed by atoms with van der Waals surface area (Å²) in [5, 5.41) is 8.16. The van der Waals surface area contributed by atoms with Crippen molar-refractivity contribution < 1.29 is 0 Å². The summed E-state index contributed by atoms with van der Waals surface area (Å²) in [4.78, 5) is 0. The van der Waals surface area contributed by atoms with Gasteiger partial charge < -0.3 is 10.6 Å². The molecule has 0 spiro atoms. The van der Waals surface area contributed by atoms with E-state index in [9.17, 15) is 0 Å². The Morgan fingerprint density at radius 3 is 2.79 bits per heavy atom. The predicted octanol–water partition coefficient (Wildman–Crippen LogP) is 4.51. The monoisotopic (exact) mass is 296 g/mol. The third-order valence-corrected chi connectivity index (χ3v) is 4.57. The quantitative estimate of drug-likeness (QED) is 0.785. The summed E-state index contributed by atoms with van der Waals surface area (Å²) < 4.78 is 0. The molecule has 1 aromatic rings. The van der Waals surface area contributed by atoms with Crippen LogP contribution >= 0.6 is 23.8 Å². The highest BCUT2D eigenvalue weighted by Crippen LogP contribution is 2.25. The Balaban J connectivity index is 1.95. The number of thiocarbonyl (C=S) groups is 1. The van der Waals surface area contributed by atoms with Crippen molar-refractivity contribution in [3.05, 3.63) is 28.8 Å². The third-order valence-electron chi connectivity index (χ3n) is 3.94. The van der Waals surface area contributed by atoms with E-state index in [0.717, 1.165) is 16.3 Å². The maximum atomic E-state index is 6.11. The van der Waals surface area contributed by atoms with Gasteiger partial charge in [-0.05, 0) is 55.6 Å². The highest BCUT2D eigenvalue weighted by Gasteiger charge is 2.21. The molecule has 1 aromatic carbocycles. The second-order valence-corrected chi connectivity index (χ2v) is 6.19. The average Bonchev–Trinajstić information content (AvgIpc) is 2.38. The smallest absolute Gasteiger partial charge is 0.171 e. The maximum Gasteiger partial charge on any atom is 0.171 e. The lowest BCUT2D eigenvalue weighted by Crippen LogP contribution is -2.43. The summed E-state index contributed by atoms with van der Waals surface area (Å²) in [7, 11) is 0. The molecule has 104 valence electrons. The number of benzene rings is 1. The first-order valence-corrected chi connectivity index (χ1v) is 7.69. The minimum Gasteiger partial charge on any atom is -0.359 e. The molecule has 0 unspecified atom stereocenters. The van der Waals surface area contributed by atoms with Gasteiger partial charge in [0.2, 0.25) is 0 Å². The van der Waals surface area contributed by atoms with Gasteiger partial charge >= 0.3 is 0 Å². The van der Waals surface area contributed by atoms with Gasteiger partial charge in [-0.3, -0.25) is 0 Å². The molecule has 1 saturated carbocycles. The fourth-order valence-electron chi connectivity index (χ4n) is 2.60. The fourth-order valence-corrected chi connectivity index (χ4v) is 3.04. The predicted molar refractivity (Wildman–Crippen MR) is 87.0 cm³/mol. The zero-order valence-corrected chi connectivity index (χ0v) is 13.1. The largest absolute Gasteiger partial charge is 0.359 e. The molecule has 2 rings (SSSR count). The van der Waals surface area contributed by atoms with Crippen LogP contribution in [-0.4, -0.2) is 11.2 Å². The van der Waals surface area contributed by atoms with E-state index in [4.69, 9.17) is 23.8 Å². The Kier molecular flexibility index (Phi) is 5.06. The van der Waals surface area contributed by atoms with E-state index in [1.54, 1.807) is 0 Å². The van der Waals surface area contributed by atoms with Crippen LogP contribution in [0.3, 0.4) is 0 Å². The summed E-state index contributed by atoms with van der Waals surface area (Å²) >= 11 is 11.5.